The van der Waals surface area contributed by atoms with E-state index < -0.39 is 8.07 Å². The van der Waals surface area contributed by atoms with Crippen LogP contribution < -0.4 is 5.19 Å². The van der Waals surface area contributed by atoms with E-state index in [2.05, 4.69) is 154 Å². The summed E-state index contributed by atoms with van der Waals surface area (Å²) >= 11 is 1.83. The molecule has 3 aromatic heterocycles. The second kappa shape index (κ2) is 15.2. The molecular formula is C45H43IrN3SSi-2. The Morgan fingerprint density at radius 1 is 0.745 bits per heavy atom. The molecule has 0 saturated carbocycles. The largest absolute Gasteiger partial charge is 0.333 e. The minimum Gasteiger partial charge on any atom is -0.333 e. The minimum absolute atomic E-state index is 0. The first-order valence-corrected chi connectivity index (χ1v) is 21.5. The van der Waals surface area contributed by atoms with Crippen LogP contribution in [0, 0.1) is 12.1 Å². The molecule has 51 heavy (non-hydrogen) atoms. The number of hydrogen-bond acceptors (Lipinski definition) is 3. The maximum Gasteiger partial charge on any atom is 0.0795 e. The Kier molecular flexibility index (Phi) is 9.74. The van der Waals surface area contributed by atoms with Crippen LogP contribution >= 0.6 is 11.3 Å². The number of rotatable bonds is 6. The van der Waals surface area contributed by atoms with Crippen LogP contribution in [0.2, 0.25) is 19.6 Å². The Morgan fingerprint density at radius 3 is 2.16 bits per heavy atom. The van der Waals surface area contributed by atoms with Crippen molar-refractivity contribution in [3.63, 3.8) is 0 Å². The molecule has 1 radical (unpaired) electrons. The molecule has 0 fully saturated rings. The molecule has 0 spiro atoms. The van der Waals surface area contributed by atoms with E-state index >= 15 is 0 Å². The van der Waals surface area contributed by atoms with Gasteiger partial charge in [0.2, 0.25) is 0 Å². The van der Waals surface area contributed by atoms with Crippen molar-refractivity contribution in [1.82, 2.24) is 14.5 Å². The molecule has 0 bridgehead atoms. The zero-order chi connectivity index (χ0) is 37.6. The van der Waals surface area contributed by atoms with Gasteiger partial charge in [-0.3, -0.25) is 4.98 Å². The van der Waals surface area contributed by atoms with Gasteiger partial charge >= 0.3 is 0 Å². The summed E-state index contributed by atoms with van der Waals surface area (Å²) in [5, 5.41) is 3.84. The third-order valence-electron chi connectivity index (χ3n) is 9.13. The van der Waals surface area contributed by atoms with Crippen molar-refractivity contribution < 1.29 is 24.2 Å². The van der Waals surface area contributed by atoms with Gasteiger partial charge < -0.3 is 9.55 Å². The second-order valence-electron chi connectivity index (χ2n) is 14.3. The summed E-state index contributed by atoms with van der Waals surface area (Å²) in [7, 11) is -1.36. The van der Waals surface area contributed by atoms with Crippen molar-refractivity contribution in [2.24, 2.45) is 0 Å². The number of pyridine rings is 1. The Labute approximate surface area is 325 Å². The van der Waals surface area contributed by atoms with E-state index in [0.29, 0.717) is 23.1 Å². The summed E-state index contributed by atoms with van der Waals surface area (Å²) in [5.74, 6) is 1.75. The minimum atomic E-state index is -1.36. The van der Waals surface area contributed by atoms with Crippen LogP contribution in [-0.4, -0.2) is 22.6 Å². The first-order valence-electron chi connectivity index (χ1n) is 18.7. The molecule has 0 atom stereocenters. The van der Waals surface area contributed by atoms with Crippen molar-refractivity contribution in [3.05, 3.63) is 145 Å². The number of para-hydroxylation sites is 3. The van der Waals surface area contributed by atoms with Crippen LogP contribution in [0.15, 0.2) is 121 Å². The molecule has 0 amide bonds. The smallest absolute Gasteiger partial charge is 0.0795 e. The standard InChI is InChI=1S/C31H27N2S.C14H16NSi.Ir/c1-19(2)22-11-9-12-23(20(3)4)30(22)33-27-14-7-6-13-26(27)32-31(33)21-16-17-29-25(18-21)24-10-5-8-15-28(24)34-29;1-16(2,3)13-9-10-14(15-11-13)12-7-5-4-6-8-12;/h5-15,17-20H,1-4H3;4-7,9-11H,1-3H3;/q2*-1;/i;4D,5D,6D;. The fraction of sp³-hybridized carbons (Fsp3) is 0.200. The fourth-order valence-corrected chi connectivity index (χ4v) is 8.52. The van der Waals surface area contributed by atoms with E-state index in [9.17, 15) is 0 Å². The van der Waals surface area contributed by atoms with E-state index in [-0.39, 0.29) is 38.2 Å². The Balaban J connectivity index is 0.000000213. The maximum atomic E-state index is 7.64. The number of nitrogens with zero attached hydrogens (tertiary/aromatic N) is 3. The van der Waals surface area contributed by atoms with Crippen LogP contribution in [0.1, 0.15) is 54.8 Å². The molecule has 3 heterocycles. The summed E-state index contributed by atoms with van der Waals surface area (Å²) in [6.45, 7) is 15.9. The van der Waals surface area contributed by atoms with Crippen molar-refractivity contribution in [2.75, 3.05) is 0 Å². The van der Waals surface area contributed by atoms with Gasteiger partial charge in [0.25, 0.3) is 0 Å². The van der Waals surface area contributed by atoms with Crippen LogP contribution in [0.25, 0.3) is 59.5 Å². The summed E-state index contributed by atoms with van der Waals surface area (Å²) in [6, 6.07) is 40.0. The number of thiophene rings is 1. The Bertz CT molecular complexity index is 2560. The molecule has 0 aliphatic carbocycles. The molecule has 8 aromatic rings. The van der Waals surface area contributed by atoms with Gasteiger partial charge in [0.05, 0.1) is 24.9 Å². The Morgan fingerprint density at radius 2 is 1.47 bits per heavy atom. The SMILES string of the molecule is CC(C)c1cccc(C(C)C)c1-n1c(-c2[c-]cc3sc4ccccc4c3c2)nc2ccccc21.[2H]c1[c-]c(-c2ccc([Si](C)(C)C)cn2)cc([2H])c1[2H].[Ir]. The van der Waals surface area contributed by atoms with Crippen molar-refractivity contribution >= 4 is 55.8 Å². The first kappa shape index (κ1) is 32.7. The Hall–Kier alpha value is -4.19. The summed E-state index contributed by atoms with van der Waals surface area (Å²) < 4.78 is 27.7. The molecule has 0 aliphatic heterocycles. The zero-order valence-electron chi connectivity index (χ0n) is 33.1. The predicted octanol–water partition coefficient (Wildman–Crippen LogP) is 12.2. The van der Waals surface area contributed by atoms with E-state index in [0.717, 1.165) is 22.4 Å². The number of aromatic nitrogens is 3. The first-order chi connectivity index (χ1) is 25.3. The summed E-state index contributed by atoms with van der Waals surface area (Å²) in [4.78, 5) is 9.57. The van der Waals surface area contributed by atoms with E-state index in [1.165, 1.54) is 48.2 Å². The predicted molar refractivity (Wildman–Crippen MR) is 218 cm³/mol. The molecule has 8 rings (SSSR count). The van der Waals surface area contributed by atoms with E-state index in [1.54, 1.807) is 0 Å². The van der Waals surface area contributed by atoms with Gasteiger partial charge in [-0.05, 0) is 63.5 Å². The molecule has 259 valence electrons. The number of benzene rings is 5. The van der Waals surface area contributed by atoms with Crippen LogP contribution in [0.4, 0.5) is 0 Å². The summed E-state index contributed by atoms with van der Waals surface area (Å²) in [6.07, 6.45) is 1.87. The van der Waals surface area contributed by atoms with Crippen molar-refractivity contribution in [1.29, 1.82) is 0 Å². The molecule has 0 saturated heterocycles. The van der Waals surface area contributed by atoms with Gasteiger partial charge in [-0.15, -0.1) is 59.6 Å². The number of fused-ring (bicyclic) bond motifs is 4. The molecule has 0 N–H and O–H groups in total. The van der Waals surface area contributed by atoms with Gasteiger partial charge in [0, 0.05) is 39.4 Å². The van der Waals surface area contributed by atoms with Crippen LogP contribution in [-0.2, 0) is 20.1 Å². The van der Waals surface area contributed by atoms with Gasteiger partial charge in [-0.25, -0.2) is 0 Å². The molecule has 0 unspecified atom stereocenters. The van der Waals surface area contributed by atoms with Gasteiger partial charge in [0.1, 0.15) is 0 Å². The van der Waals surface area contributed by atoms with Gasteiger partial charge in [-0.2, -0.15) is 11.3 Å². The fourth-order valence-electron chi connectivity index (χ4n) is 6.42. The van der Waals surface area contributed by atoms with E-state index in [4.69, 9.17) is 9.10 Å². The molecular weight excluding hydrogens is 835 g/mol. The average Bonchev–Trinajstić information content (AvgIpc) is 3.71. The third-order valence-corrected chi connectivity index (χ3v) is 12.3. The van der Waals surface area contributed by atoms with Crippen molar-refractivity contribution in [2.45, 2.75) is 59.2 Å². The van der Waals surface area contributed by atoms with Gasteiger partial charge in [0.15, 0.2) is 0 Å². The van der Waals surface area contributed by atoms with Crippen LogP contribution in [0.5, 0.6) is 0 Å². The molecule has 5 aromatic carbocycles. The maximum absolute atomic E-state index is 7.64. The van der Waals surface area contributed by atoms with E-state index in [1.807, 2.05) is 23.6 Å². The topological polar surface area (TPSA) is 30.7 Å². The average molecular weight is 881 g/mol. The normalized spacial score (nSPS) is 12.5. The number of imidazole rings is 1. The quantitative estimate of drug-likeness (QED) is 0.123. The third kappa shape index (κ3) is 7.42. The molecule has 0 aliphatic rings. The molecule has 3 nitrogen and oxygen atoms in total. The zero-order valence-corrected chi connectivity index (χ0v) is 34.3. The van der Waals surface area contributed by atoms with Gasteiger partial charge in [-0.1, -0.05) is 113 Å². The van der Waals surface area contributed by atoms with Crippen molar-refractivity contribution in [3.8, 4) is 28.3 Å². The number of hydrogen-bond donors (Lipinski definition) is 0. The monoisotopic (exact) mass is 881 g/mol. The summed E-state index contributed by atoms with van der Waals surface area (Å²) in [5.41, 5.74) is 8.43. The molecule has 6 heteroatoms. The van der Waals surface area contributed by atoms with Crippen LogP contribution in [0.3, 0.4) is 0 Å². The second-order valence-corrected chi connectivity index (χ2v) is 20.5.